The Morgan fingerprint density at radius 1 is 1.26 bits per heavy atom. The molecule has 1 spiro atoms. The van der Waals surface area contributed by atoms with Crippen molar-refractivity contribution >= 4 is 5.97 Å². The lowest BCUT2D eigenvalue weighted by Crippen LogP contribution is -2.37. The minimum atomic E-state index is -0.489. The van der Waals surface area contributed by atoms with E-state index in [9.17, 15) is 4.79 Å². The van der Waals surface area contributed by atoms with Crippen molar-refractivity contribution in [2.75, 3.05) is 19.8 Å². The van der Waals surface area contributed by atoms with Crippen LogP contribution in [0.15, 0.2) is 30.3 Å². The summed E-state index contributed by atoms with van der Waals surface area (Å²) in [6, 6.07) is 9.06. The second kappa shape index (κ2) is 5.31. The van der Waals surface area contributed by atoms with Crippen molar-refractivity contribution in [2.45, 2.75) is 25.0 Å². The highest BCUT2D eigenvalue weighted by atomic mass is 16.7. The monoisotopic (exact) mass is 262 g/mol. The van der Waals surface area contributed by atoms with Gasteiger partial charge >= 0.3 is 5.97 Å². The van der Waals surface area contributed by atoms with Gasteiger partial charge in [0.15, 0.2) is 5.79 Å². The molecule has 4 nitrogen and oxygen atoms in total. The summed E-state index contributed by atoms with van der Waals surface area (Å²) < 4.78 is 16.9. The van der Waals surface area contributed by atoms with Gasteiger partial charge in [0.05, 0.1) is 25.4 Å². The third-order valence-electron chi connectivity index (χ3n) is 3.90. The van der Waals surface area contributed by atoms with Gasteiger partial charge in [-0.3, -0.25) is 0 Å². The van der Waals surface area contributed by atoms with Crippen LogP contribution in [0, 0.1) is 5.92 Å². The molecule has 2 fully saturated rings. The van der Waals surface area contributed by atoms with Gasteiger partial charge < -0.3 is 14.2 Å². The fourth-order valence-electron chi connectivity index (χ4n) is 2.91. The minimum absolute atomic E-state index is 0.155. The Hall–Kier alpha value is -1.39. The van der Waals surface area contributed by atoms with Gasteiger partial charge in [-0.15, -0.1) is 0 Å². The Morgan fingerprint density at radius 3 is 2.74 bits per heavy atom. The zero-order valence-electron chi connectivity index (χ0n) is 10.8. The number of ether oxygens (including phenoxy) is 3. The maximum Gasteiger partial charge on any atom is 0.338 e. The van der Waals surface area contributed by atoms with Gasteiger partial charge in [0.25, 0.3) is 0 Å². The fraction of sp³-hybridized carbons (Fsp3) is 0.533. The molecule has 0 bridgehead atoms. The molecule has 0 radical (unpaired) electrons. The molecule has 1 saturated heterocycles. The first-order valence-corrected chi connectivity index (χ1v) is 6.80. The topological polar surface area (TPSA) is 44.8 Å². The average molecular weight is 262 g/mol. The molecule has 1 saturated carbocycles. The summed E-state index contributed by atoms with van der Waals surface area (Å²) in [5.74, 6) is -0.611. The van der Waals surface area contributed by atoms with E-state index in [2.05, 4.69) is 0 Å². The normalized spacial score (nSPS) is 24.7. The lowest BCUT2D eigenvalue weighted by Gasteiger charge is -2.28. The molecule has 1 aromatic carbocycles. The number of benzene rings is 1. The van der Waals surface area contributed by atoms with E-state index in [0.717, 1.165) is 19.3 Å². The number of rotatable bonds is 3. The second-order valence-corrected chi connectivity index (χ2v) is 5.06. The molecule has 0 amide bonds. The van der Waals surface area contributed by atoms with Crippen LogP contribution in [0.2, 0.25) is 0 Å². The number of carbonyl (C=O) groups is 1. The Morgan fingerprint density at radius 2 is 2.00 bits per heavy atom. The van der Waals surface area contributed by atoms with Crippen molar-refractivity contribution in [3.8, 4) is 0 Å². The average Bonchev–Trinajstić information content (AvgIpc) is 3.08. The first-order chi connectivity index (χ1) is 9.30. The van der Waals surface area contributed by atoms with Crippen molar-refractivity contribution in [2.24, 2.45) is 5.92 Å². The lowest BCUT2D eigenvalue weighted by molar-refractivity contribution is -0.188. The molecule has 1 aromatic rings. The highest BCUT2D eigenvalue weighted by Crippen LogP contribution is 2.42. The van der Waals surface area contributed by atoms with E-state index in [1.54, 1.807) is 12.1 Å². The van der Waals surface area contributed by atoms with Crippen molar-refractivity contribution in [3.63, 3.8) is 0 Å². The molecule has 102 valence electrons. The zero-order valence-corrected chi connectivity index (χ0v) is 10.8. The van der Waals surface area contributed by atoms with Gasteiger partial charge in [0.2, 0.25) is 0 Å². The Balaban J connectivity index is 1.59. The van der Waals surface area contributed by atoms with E-state index < -0.39 is 5.79 Å². The molecule has 2 aliphatic rings. The van der Waals surface area contributed by atoms with Gasteiger partial charge in [-0.1, -0.05) is 18.2 Å². The molecule has 1 aliphatic heterocycles. The summed E-state index contributed by atoms with van der Waals surface area (Å²) >= 11 is 0. The first kappa shape index (κ1) is 12.6. The number of hydrogen-bond donors (Lipinski definition) is 0. The highest BCUT2D eigenvalue weighted by Gasteiger charge is 2.48. The molecular weight excluding hydrogens is 244 g/mol. The molecule has 19 heavy (non-hydrogen) atoms. The quantitative estimate of drug-likeness (QED) is 0.785. The van der Waals surface area contributed by atoms with Crippen LogP contribution in [-0.4, -0.2) is 31.6 Å². The summed E-state index contributed by atoms with van der Waals surface area (Å²) in [6.45, 7) is 1.65. The van der Waals surface area contributed by atoms with E-state index in [0.29, 0.717) is 25.4 Å². The van der Waals surface area contributed by atoms with E-state index >= 15 is 0 Å². The van der Waals surface area contributed by atoms with Crippen LogP contribution < -0.4 is 0 Å². The lowest BCUT2D eigenvalue weighted by atomic mass is 10.0. The first-order valence-electron chi connectivity index (χ1n) is 6.80. The summed E-state index contributed by atoms with van der Waals surface area (Å²) in [5.41, 5.74) is 0.586. The predicted molar refractivity (Wildman–Crippen MR) is 68.7 cm³/mol. The Labute approximate surface area is 112 Å². The minimum Gasteiger partial charge on any atom is -0.462 e. The standard InChI is InChI=1S/C15H18O4/c16-14(12-5-2-1-3-6-12)17-11-13-7-4-8-15(13)18-9-10-19-15/h1-3,5-6,13H,4,7-11H2. The molecular formula is C15H18O4. The second-order valence-electron chi connectivity index (χ2n) is 5.06. The van der Waals surface area contributed by atoms with E-state index in [-0.39, 0.29) is 11.9 Å². The third-order valence-corrected chi connectivity index (χ3v) is 3.90. The van der Waals surface area contributed by atoms with Crippen LogP contribution in [0.5, 0.6) is 0 Å². The van der Waals surface area contributed by atoms with Gasteiger partial charge in [-0.05, 0) is 25.0 Å². The Bertz CT molecular complexity index is 431. The van der Waals surface area contributed by atoms with Crippen molar-refractivity contribution in [1.82, 2.24) is 0 Å². The Kier molecular flexibility index (Phi) is 3.53. The van der Waals surface area contributed by atoms with Crippen LogP contribution in [-0.2, 0) is 14.2 Å². The smallest absolute Gasteiger partial charge is 0.338 e. The predicted octanol–water partition coefficient (Wildman–Crippen LogP) is 2.39. The molecule has 3 rings (SSSR count). The maximum absolute atomic E-state index is 11.9. The van der Waals surface area contributed by atoms with Crippen LogP contribution >= 0.6 is 0 Å². The number of esters is 1. The van der Waals surface area contributed by atoms with Crippen molar-refractivity contribution in [3.05, 3.63) is 35.9 Å². The molecule has 1 atom stereocenters. The molecule has 4 heteroatoms. The SMILES string of the molecule is O=C(OCC1CCCC12OCCO2)c1ccccc1. The summed E-state index contributed by atoms with van der Waals surface area (Å²) in [7, 11) is 0. The molecule has 1 heterocycles. The highest BCUT2D eigenvalue weighted by molar-refractivity contribution is 5.89. The van der Waals surface area contributed by atoms with Crippen LogP contribution in [0.25, 0.3) is 0 Å². The van der Waals surface area contributed by atoms with E-state index in [1.165, 1.54) is 0 Å². The van der Waals surface area contributed by atoms with Gasteiger partial charge in [-0.25, -0.2) is 4.79 Å². The van der Waals surface area contributed by atoms with Crippen molar-refractivity contribution < 1.29 is 19.0 Å². The van der Waals surface area contributed by atoms with E-state index in [4.69, 9.17) is 14.2 Å². The molecule has 0 aromatic heterocycles. The fourth-order valence-corrected chi connectivity index (χ4v) is 2.91. The molecule has 0 N–H and O–H groups in total. The maximum atomic E-state index is 11.9. The number of hydrogen-bond acceptors (Lipinski definition) is 4. The van der Waals surface area contributed by atoms with E-state index in [1.807, 2.05) is 18.2 Å². The zero-order chi connectivity index (χ0) is 13.1. The largest absolute Gasteiger partial charge is 0.462 e. The van der Waals surface area contributed by atoms with Crippen LogP contribution in [0.1, 0.15) is 29.6 Å². The van der Waals surface area contributed by atoms with Gasteiger partial charge in [-0.2, -0.15) is 0 Å². The summed E-state index contributed by atoms with van der Waals surface area (Å²) in [4.78, 5) is 11.9. The summed E-state index contributed by atoms with van der Waals surface area (Å²) in [6.07, 6.45) is 2.95. The molecule has 1 unspecified atom stereocenters. The third kappa shape index (κ3) is 2.51. The number of carbonyl (C=O) groups excluding carboxylic acids is 1. The van der Waals surface area contributed by atoms with Gasteiger partial charge in [0, 0.05) is 12.3 Å². The summed E-state index contributed by atoms with van der Waals surface area (Å²) in [5, 5.41) is 0. The van der Waals surface area contributed by atoms with Gasteiger partial charge in [0.1, 0.15) is 0 Å². The van der Waals surface area contributed by atoms with Crippen LogP contribution in [0.4, 0.5) is 0 Å². The van der Waals surface area contributed by atoms with Crippen LogP contribution in [0.3, 0.4) is 0 Å². The molecule has 1 aliphatic carbocycles. The van der Waals surface area contributed by atoms with Crippen molar-refractivity contribution in [1.29, 1.82) is 0 Å².